The van der Waals surface area contributed by atoms with Crippen molar-refractivity contribution in [1.29, 1.82) is 0 Å². The van der Waals surface area contributed by atoms with Crippen molar-refractivity contribution >= 4 is 11.9 Å². The number of hydrogen-bond acceptors (Lipinski definition) is 4. The van der Waals surface area contributed by atoms with Gasteiger partial charge in [0.2, 0.25) is 0 Å². The Labute approximate surface area is 167 Å². The maximum Gasteiger partial charge on any atom is 0.328 e. The van der Waals surface area contributed by atoms with E-state index >= 15 is 0 Å². The van der Waals surface area contributed by atoms with Crippen LogP contribution in [0.15, 0.2) is 41.5 Å². The number of nitrogens with one attached hydrogen (secondary N) is 1. The molecule has 0 aliphatic rings. The lowest BCUT2D eigenvalue weighted by Gasteiger charge is -2.21. The Kier molecular flexibility index (Phi) is 7.72. The first-order valence-corrected chi connectivity index (χ1v) is 9.39. The molecule has 0 radical (unpaired) electrons. The smallest absolute Gasteiger partial charge is 0.328 e. The second-order valence-corrected chi connectivity index (χ2v) is 7.38. The molecule has 0 spiro atoms. The van der Waals surface area contributed by atoms with Crippen molar-refractivity contribution in [3.05, 3.63) is 58.5 Å². The summed E-state index contributed by atoms with van der Waals surface area (Å²) in [6.45, 7) is 3.85. The van der Waals surface area contributed by atoms with Crippen LogP contribution in [0.4, 0.5) is 4.39 Å². The number of carbonyl (C=O) groups is 2. The molecule has 158 valence electrons. The van der Waals surface area contributed by atoms with E-state index in [9.17, 15) is 29.0 Å². The van der Waals surface area contributed by atoms with Crippen LogP contribution in [0.3, 0.4) is 0 Å². The number of benzene rings is 1. The monoisotopic (exact) mass is 407 g/mol. The Morgan fingerprint density at radius 1 is 1.03 bits per heavy atom. The number of carboxylic acid groups (broad SMARTS) is 2. The van der Waals surface area contributed by atoms with Crippen molar-refractivity contribution in [1.82, 2.24) is 14.5 Å². The van der Waals surface area contributed by atoms with E-state index in [1.54, 1.807) is 18.3 Å². The average molecular weight is 407 g/mol. The van der Waals surface area contributed by atoms with Crippen LogP contribution in [0.1, 0.15) is 25.8 Å². The third-order valence-corrected chi connectivity index (χ3v) is 4.56. The van der Waals surface area contributed by atoms with Gasteiger partial charge in [0.05, 0.1) is 6.54 Å². The van der Waals surface area contributed by atoms with Crippen LogP contribution < -0.4 is 11.0 Å². The van der Waals surface area contributed by atoms with Crippen molar-refractivity contribution in [2.45, 2.75) is 51.9 Å². The summed E-state index contributed by atoms with van der Waals surface area (Å²) in [4.78, 5) is 35.5. The van der Waals surface area contributed by atoms with Gasteiger partial charge in [-0.25, -0.2) is 9.18 Å². The Balaban J connectivity index is 2.06. The summed E-state index contributed by atoms with van der Waals surface area (Å²) >= 11 is 0. The Morgan fingerprint density at radius 3 is 2.17 bits per heavy atom. The van der Waals surface area contributed by atoms with Crippen LogP contribution >= 0.6 is 0 Å². The van der Waals surface area contributed by atoms with Crippen molar-refractivity contribution in [3.63, 3.8) is 0 Å². The molecule has 2 atom stereocenters. The zero-order valence-corrected chi connectivity index (χ0v) is 16.4. The molecule has 3 N–H and O–H groups in total. The molecular weight excluding hydrogens is 381 g/mol. The third kappa shape index (κ3) is 6.56. The normalized spacial score (nSPS) is 13.4. The lowest BCUT2D eigenvalue weighted by Crippen LogP contribution is -2.50. The van der Waals surface area contributed by atoms with Crippen LogP contribution in [0.5, 0.6) is 0 Å². The van der Waals surface area contributed by atoms with E-state index in [0.29, 0.717) is 13.0 Å². The molecule has 0 aliphatic carbocycles. The molecule has 1 aromatic carbocycles. The lowest BCUT2D eigenvalue weighted by molar-refractivity contribution is -0.143. The average Bonchev–Trinajstić information content (AvgIpc) is 2.99. The maximum atomic E-state index is 13.0. The molecule has 0 amide bonds. The standard InChI is InChI=1S/C20H26FN3O5/c1-13(2)11-16(18(25)26)22-17(19(27)28)12-24-10-9-23(20(24)29)8-7-14-3-5-15(21)6-4-14/h3-6,9-10,13,16-17,22H,7-8,11-12H2,1-2H3,(H,25,26)(H,27,28)/t16-,17-/m0/s1. The highest BCUT2D eigenvalue weighted by Crippen LogP contribution is 2.07. The molecule has 2 aromatic rings. The van der Waals surface area contributed by atoms with Crippen LogP contribution in [-0.4, -0.2) is 43.4 Å². The molecule has 2 rings (SSSR count). The van der Waals surface area contributed by atoms with Crippen molar-refractivity contribution in [2.75, 3.05) is 0 Å². The first-order valence-electron chi connectivity index (χ1n) is 9.39. The predicted octanol–water partition coefficient (Wildman–Crippen LogP) is 1.57. The summed E-state index contributed by atoms with van der Waals surface area (Å²) in [5, 5.41) is 21.4. The minimum absolute atomic E-state index is 0.0633. The highest BCUT2D eigenvalue weighted by molar-refractivity contribution is 5.77. The molecule has 1 aromatic heterocycles. The van der Waals surface area contributed by atoms with Gasteiger partial charge >= 0.3 is 17.6 Å². The lowest BCUT2D eigenvalue weighted by atomic mass is 10.0. The Hall–Kier alpha value is -2.94. The Bertz CT molecular complexity index is 888. The summed E-state index contributed by atoms with van der Waals surface area (Å²) in [6.07, 6.45) is 3.81. The van der Waals surface area contributed by atoms with Gasteiger partial charge in [-0.15, -0.1) is 0 Å². The minimum Gasteiger partial charge on any atom is -0.480 e. The van der Waals surface area contributed by atoms with Gasteiger partial charge < -0.3 is 10.2 Å². The second kappa shape index (κ2) is 10.0. The fourth-order valence-corrected chi connectivity index (χ4v) is 3.02. The van der Waals surface area contributed by atoms with E-state index in [1.165, 1.54) is 27.5 Å². The van der Waals surface area contributed by atoms with Gasteiger partial charge in [0.1, 0.15) is 17.9 Å². The molecule has 9 heteroatoms. The van der Waals surface area contributed by atoms with Gasteiger partial charge in [0, 0.05) is 18.9 Å². The quantitative estimate of drug-likeness (QED) is 0.521. The van der Waals surface area contributed by atoms with Gasteiger partial charge in [-0.2, -0.15) is 0 Å². The van der Waals surface area contributed by atoms with E-state index in [-0.39, 0.29) is 24.7 Å². The van der Waals surface area contributed by atoms with Gasteiger partial charge in [0.15, 0.2) is 0 Å². The van der Waals surface area contributed by atoms with Crippen molar-refractivity contribution < 1.29 is 24.2 Å². The van der Waals surface area contributed by atoms with E-state index in [4.69, 9.17) is 0 Å². The fraction of sp³-hybridized carbons (Fsp3) is 0.450. The maximum absolute atomic E-state index is 13.0. The fourth-order valence-electron chi connectivity index (χ4n) is 3.02. The largest absolute Gasteiger partial charge is 0.480 e. The van der Waals surface area contributed by atoms with Gasteiger partial charge in [0.25, 0.3) is 0 Å². The highest BCUT2D eigenvalue weighted by Gasteiger charge is 2.27. The zero-order valence-electron chi connectivity index (χ0n) is 16.4. The number of nitrogens with zero attached hydrogens (tertiary/aromatic N) is 2. The van der Waals surface area contributed by atoms with Crippen LogP contribution in [0, 0.1) is 11.7 Å². The highest BCUT2D eigenvalue weighted by atomic mass is 19.1. The third-order valence-electron chi connectivity index (χ3n) is 4.56. The Morgan fingerprint density at radius 2 is 1.62 bits per heavy atom. The molecule has 0 saturated carbocycles. The summed E-state index contributed by atoms with van der Waals surface area (Å²) in [5.41, 5.74) is 0.477. The molecule has 0 fully saturated rings. The molecule has 29 heavy (non-hydrogen) atoms. The number of hydrogen-bond donors (Lipinski definition) is 3. The molecule has 0 unspecified atom stereocenters. The van der Waals surface area contributed by atoms with E-state index in [0.717, 1.165) is 5.56 Å². The van der Waals surface area contributed by atoms with Gasteiger partial charge in [-0.1, -0.05) is 26.0 Å². The first kappa shape index (κ1) is 22.4. The van der Waals surface area contributed by atoms with Gasteiger partial charge in [-0.3, -0.25) is 24.0 Å². The summed E-state index contributed by atoms with van der Waals surface area (Å²) in [6, 6.07) is 3.74. The van der Waals surface area contributed by atoms with Crippen molar-refractivity contribution in [2.24, 2.45) is 5.92 Å². The number of halogens is 1. The van der Waals surface area contributed by atoms with E-state index in [1.807, 2.05) is 13.8 Å². The number of aromatic nitrogens is 2. The topological polar surface area (TPSA) is 114 Å². The zero-order chi connectivity index (χ0) is 21.6. The summed E-state index contributed by atoms with van der Waals surface area (Å²) in [7, 11) is 0. The number of rotatable bonds is 11. The summed E-state index contributed by atoms with van der Waals surface area (Å²) in [5.74, 6) is -2.63. The van der Waals surface area contributed by atoms with Crippen molar-refractivity contribution in [3.8, 4) is 0 Å². The number of aryl methyl sites for hydroxylation is 2. The van der Waals surface area contributed by atoms with Gasteiger partial charge in [-0.05, 0) is 36.5 Å². The van der Waals surface area contributed by atoms with Crippen LogP contribution in [0.2, 0.25) is 0 Å². The molecule has 0 bridgehead atoms. The SMILES string of the molecule is CC(C)C[C@H](N[C@@H](Cn1ccn(CCc2ccc(F)cc2)c1=O)C(=O)O)C(=O)O. The number of imidazole rings is 1. The molecule has 0 saturated heterocycles. The minimum atomic E-state index is -1.23. The first-order chi connectivity index (χ1) is 13.7. The van der Waals surface area contributed by atoms with E-state index < -0.39 is 29.7 Å². The number of carboxylic acids is 2. The van der Waals surface area contributed by atoms with E-state index in [2.05, 4.69) is 5.32 Å². The molecule has 0 aliphatic heterocycles. The molecular formula is C20H26FN3O5. The molecule has 1 heterocycles. The number of aliphatic carboxylic acids is 2. The summed E-state index contributed by atoms with van der Waals surface area (Å²) < 4.78 is 15.6. The second-order valence-electron chi connectivity index (χ2n) is 7.38. The van der Waals surface area contributed by atoms with Crippen LogP contribution in [0.25, 0.3) is 0 Å². The van der Waals surface area contributed by atoms with Crippen LogP contribution in [-0.2, 0) is 29.1 Å². The molecule has 8 nitrogen and oxygen atoms in total. The predicted molar refractivity (Wildman–Crippen MR) is 104 cm³/mol.